The molecule has 0 unspecified atom stereocenters. The van der Waals surface area contributed by atoms with Gasteiger partial charge in [0.2, 0.25) is 0 Å². The molecule has 0 saturated carbocycles. The summed E-state index contributed by atoms with van der Waals surface area (Å²) in [6, 6.07) is 15.3. The summed E-state index contributed by atoms with van der Waals surface area (Å²) in [5.41, 5.74) is 3.22. The van der Waals surface area contributed by atoms with Gasteiger partial charge < -0.3 is 9.47 Å². The van der Waals surface area contributed by atoms with Crippen LogP contribution in [0, 0.1) is 0 Å². The van der Waals surface area contributed by atoms with Crippen LogP contribution in [0.2, 0.25) is 5.02 Å². The number of aromatic nitrogens is 2. The van der Waals surface area contributed by atoms with Crippen molar-refractivity contribution in [2.45, 2.75) is 6.42 Å². The Hall–Kier alpha value is -2.65. The van der Waals surface area contributed by atoms with E-state index in [-0.39, 0.29) is 5.91 Å². The van der Waals surface area contributed by atoms with Gasteiger partial charge in [0, 0.05) is 37.6 Å². The fourth-order valence-corrected chi connectivity index (χ4v) is 5.00. The van der Waals surface area contributed by atoms with Gasteiger partial charge in [-0.1, -0.05) is 53.8 Å². The summed E-state index contributed by atoms with van der Waals surface area (Å²) in [6.07, 6.45) is 4.47. The lowest BCUT2D eigenvalue weighted by Crippen LogP contribution is -2.29. The first kappa shape index (κ1) is 23.5. The molecule has 3 aromatic rings. The minimum atomic E-state index is -0.104. The lowest BCUT2D eigenvalue weighted by atomic mass is 10.1. The van der Waals surface area contributed by atoms with E-state index in [0.717, 1.165) is 23.2 Å². The molecule has 0 bridgehead atoms. The largest absolute Gasteiger partial charge is 0.495 e. The maximum Gasteiger partial charge on any atom is 0.266 e. The number of carbonyl (C=O) groups is 1. The predicted molar refractivity (Wildman–Crippen MR) is 137 cm³/mol. The third kappa shape index (κ3) is 5.14. The molecule has 1 aromatic heterocycles. The van der Waals surface area contributed by atoms with Crippen molar-refractivity contribution in [3.05, 3.63) is 70.2 Å². The van der Waals surface area contributed by atoms with E-state index < -0.39 is 0 Å². The van der Waals surface area contributed by atoms with Crippen molar-refractivity contribution in [3.63, 3.8) is 0 Å². The Labute approximate surface area is 207 Å². The van der Waals surface area contributed by atoms with Crippen molar-refractivity contribution in [1.82, 2.24) is 14.7 Å². The standard InChI is InChI=1S/C24H22ClN3O3S2/c1-30-12-6-11-27-23(29)21(33-24(27)32)14-17-15-28(18-7-4-3-5-8-18)26-22(17)16-9-10-20(31-2)19(25)13-16/h3-5,7-10,13-15H,6,11-12H2,1-2H3. The summed E-state index contributed by atoms with van der Waals surface area (Å²) >= 11 is 13.1. The van der Waals surface area contributed by atoms with Crippen LogP contribution in [0.3, 0.4) is 0 Å². The number of amides is 1. The smallest absolute Gasteiger partial charge is 0.266 e. The van der Waals surface area contributed by atoms with Crippen LogP contribution in [0.5, 0.6) is 5.75 Å². The zero-order chi connectivity index (χ0) is 23.4. The lowest BCUT2D eigenvalue weighted by Gasteiger charge is -2.13. The van der Waals surface area contributed by atoms with Crippen LogP contribution >= 0.6 is 35.6 Å². The van der Waals surface area contributed by atoms with Crippen molar-refractivity contribution in [1.29, 1.82) is 0 Å². The number of ether oxygens (including phenoxy) is 2. The number of benzene rings is 2. The Balaban J connectivity index is 1.74. The van der Waals surface area contributed by atoms with Crippen LogP contribution in [0.15, 0.2) is 59.6 Å². The van der Waals surface area contributed by atoms with Gasteiger partial charge >= 0.3 is 0 Å². The second-order valence-electron chi connectivity index (χ2n) is 7.24. The first-order valence-corrected chi connectivity index (χ1v) is 11.9. The summed E-state index contributed by atoms with van der Waals surface area (Å²) in [5.74, 6) is 0.480. The van der Waals surface area contributed by atoms with Crippen molar-refractivity contribution in [2.75, 3.05) is 27.4 Å². The van der Waals surface area contributed by atoms with Crippen LogP contribution in [-0.4, -0.2) is 52.3 Å². The van der Waals surface area contributed by atoms with E-state index in [1.54, 1.807) is 29.9 Å². The molecular formula is C24H22ClN3O3S2. The highest BCUT2D eigenvalue weighted by molar-refractivity contribution is 8.26. The van der Waals surface area contributed by atoms with Gasteiger partial charge in [0.1, 0.15) is 15.8 Å². The molecule has 2 aromatic carbocycles. The summed E-state index contributed by atoms with van der Waals surface area (Å²) in [7, 11) is 3.21. The van der Waals surface area contributed by atoms with Crippen LogP contribution in [-0.2, 0) is 9.53 Å². The van der Waals surface area contributed by atoms with Crippen LogP contribution in [0.4, 0.5) is 0 Å². The van der Waals surface area contributed by atoms with Gasteiger partial charge in [0.15, 0.2) is 0 Å². The summed E-state index contributed by atoms with van der Waals surface area (Å²) < 4.78 is 12.7. The Morgan fingerprint density at radius 3 is 2.67 bits per heavy atom. The number of para-hydroxylation sites is 1. The molecular weight excluding hydrogens is 478 g/mol. The molecule has 170 valence electrons. The van der Waals surface area contributed by atoms with E-state index in [2.05, 4.69) is 0 Å². The van der Waals surface area contributed by atoms with Crippen LogP contribution in [0.25, 0.3) is 23.0 Å². The highest BCUT2D eigenvalue weighted by Gasteiger charge is 2.32. The molecule has 1 fully saturated rings. The van der Waals surface area contributed by atoms with Gasteiger partial charge in [-0.25, -0.2) is 4.68 Å². The maximum atomic E-state index is 13.0. The highest BCUT2D eigenvalue weighted by Crippen LogP contribution is 2.36. The minimum Gasteiger partial charge on any atom is -0.495 e. The van der Waals surface area contributed by atoms with E-state index in [4.69, 9.17) is 38.4 Å². The van der Waals surface area contributed by atoms with Gasteiger partial charge in [0.25, 0.3) is 5.91 Å². The highest BCUT2D eigenvalue weighted by atomic mass is 35.5. The molecule has 2 heterocycles. The number of hydrogen-bond acceptors (Lipinski definition) is 6. The van der Waals surface area contributed by atoms with Crippen LogP contribution in [0.1, 0.15) is 12.0 Å². The molecule has 6 nitrogen and oxygen atoms in total. The Bertz CT molecular complexity index is 1210. The fraction of sp³-hybridized carbons (Fsp3) is 0.208. The maximum absolute atomic E-state index is 13.0. The van der Waals surface area contributed by atoms with Gasteiger partial charge in [-0.2, -0.15) is 5.10 Å². The third-order valence-electron chi connectivity index (χ3n) is 5.08. The molecule has 0 atom stereocenters. The van der Waals surface area contributed by atoms with Gasteiger partial charge in [-0.05, 0) is 42.8 Å². The first-order valence-electron chi connectivity index (χ1n) is 10.2. The molecule has 1 saturated heterocycles. The molecule has 1 aliphatic heterocycles. The van der Waals surface area contributed by atoms with Gasteiger partial charge in [-0.3, -0.25) is 9.69 Å². The molecule has 0 radical (unpaired) electrons. The molecule has 33 heavy (non-hydrogen) atoms. The number of halogens is 1. The second kappa shape index (κ2) is 10.5. The number of hydrogen-bond donors (Lipinski definition) is 0. The first-order chi connectivity index (χ1) is 16.0. The number of carbonyl (C=O) groups excluding carboxylic acids is 1. The van der Waals surface area contributed by atoms with Crippen molar-refractivity contribution in [2.24, 2.45) is 0 Å². The fourth-order valence-electron chi connectivity index (χ4n) is 3.44. The average molecular weight is 500 g/mol. The van der Waals surface area contributed by atoms with E-state index in [1.165, 1.54) is 11.8 Å². The number of rotatable bonds is 8. The second-order valence-corrected chi connectivity index (χ2v) is 9.33. The van der Waals surface area contributed by atoms with Gasteiger partial charge in [-0.15, -0.1) is 0 Å². The number of methoxy groups -OCH3 is 2. The zero-order valence-electron chi connectivity index (χ0n) is 18.2. The number of thioether (sulfide) groups is 1. The van der Waals surface area contributed by atoms with Gasteiger partial charge in [0.05, 0.1) is 22.7 Å². The molecule has 0 aliphatic carbocycles. The number of thiocarbonyl (C=S) groups is 1. The molecule has 4 rings (SSSR count). The summed E-state index contributed by atoms with van der Waals surface area (Å²) in [4.78, 5) is 15.2. The van der Waals surface area contributed by atoms with Crippen molar-refractivity contribution < 1.29 is 14.3 Å². The molecule has 0 N–H and O–H groups in total. The Kier molecular flexibility index (Phi) is 7.49. The molecule has 0 spiro atoms. The summed E-state index contributed by atoms with van der Waals surface area (Å²) in [5, 5.41) is 5.29. The average Bonchev–Trinajstić information content (AvgIpc) is 3.36. The van der Waals surface area contributed by atoms with Crippen molar-refractivity contribution >= 4 is 51.9 Å². The van der Waals surface area contributed by atoms with E-state index in [1.807, 2.05) is 54.7 Å². The zero-order valence-corrected chi connectivity index (χ0v) is 20.5. The molecule has 1 amide bonds. The van der Waals surface area contributed by atoms with Crippen molar-refractivity contribution in [3.8, 4) is 22.7 Å². The quantitative estimate of drug-likeness (QED) is 0.234. The SMILES string of the molecule is COCCCN1C(=O)C(=Cc2cn(-c3ccccc3)nc2-c2ccc(OC)c(Cl)c2)SC1=S. The normalized spacial score (nSPS) is 15.0. The monoisotopic (exact) mass is 499 g/mol. The topological polar surface area (TPSA) is 56.6 Å². The molecule has 9 heteroatoms. The van der Waals surface area contributed by atoms with E-state index >= 15 is 0 Å². The summed E-state index contributed by atoms with van der Waals surface area (Å²) in [6.45, 7) is 1.10. The number of nitrogens with zero attached hydrogens (tertiary/aromatic N) is 3. The van der Waals surface area contributed by atoms with Crippen LogP contribution < -0.4 is 4.74 Å². The third-order valence-corrected chi connectivity index (χ3v) is 6.75. The lowest BCUT2D eigenvalue weighted by molar-refractivity contribution is -0.122. The van der Waals surface area contributed by atoms with E-state index in [0.29, 0.717) is 38.8 Å². The Morgan fingerprint density at radius 1 is 1.18 bits per heavy atom. The predicted octanol–water partition coefficient (Wildman–Crippen LogP) is 5.44. The van der Waals surface area contributed by atoms with E-state index in [9.17, 15) is 4.79 Å². The minimum absolute atomic E-state index is 0.104. The Morgan fingerprint density at radius 2 is 1.97 bits per heavy atom. The molecule has 1 aliphatic rings.